The zero-order chi connectivity index (χ0) is 34.9. The summed E-state index contributed by atoms with van der Waals surface area (Å²) in [6, 6.07) is -1.23. The summed E-state index contributed by atoms with van der Waals surface area (Å²) in [4.78, 5) is 12.5. The molecule has 0 heterocycles. The number of nitrogens with one attached hydrogen (secondary N) is 1. The Morgan fingerprint density at radius 2 is 0.957 bits per heavy atom. The van der Waals surface area contributed by atoms with E-state index in [0.717, 1.165) is 51.4 Å². The number of allylic oxidation sites excluding steroid dienone is 3. The van der Waals surface area contributed by atoms with E-state index < -0.39 is 40.0 Å². The maximum absolute atomic E-state index is 12.5. The third-order valence-electron chi connectivity index (χ3n) is 8.98. The van der Waals surface area contributed by atoms with Gasteiger partial charge in [0.25, 0.3) is 10.1 Å². The molecule has 0 spiro atoms. The van der Waals surface area contributed by atoms with E-state index in [2.05, 4.69) is 31.3 Å². The topological polar surface area (TPSA) is 124 Å². The van der Waals surface area contributed by atoms with Gasteiger partial charge in [-0.25, -0.2) is 0 Å². The Hall–Kier alpha value is -1.22. The Balaban J connectivity index is 4.01. The van der Waals surface area contributed by atoms with Crippen molar-refractivity contribution in [1.29, 1.82) is 0 Å². The highest BCUT2D eigenvalue weighted by Gasteiger charge is 2.27. The fourth-order valence-corrected chi connectivity index (χ4v) is 6.64. The van der Waals surface area contributed by atoms with Crippen molar-refractivity contribution in [2.75, 3.05) is 5.75 Å². The molecule has 0 rings (SSSR count). The van der Waals surface area contributed by atoms with E-state index >= 15 is 0 Å². The average molecular weight is 686 g/mol. The van der Waals surface area contributed by atoms with Crippen LogP contribution in [0.3, 0.4) is 0 Å². The zero-order valence-electron chi connectivity index (χ0n) is 30.5. The van der Waals surface area contributed by atoms with E-state index in [1.165, 1.54) is 122 Å². The van der Waals surface area contributed by atoms with Crippen LogP contribution < -0.4 is 5.32 Å². The molecule has 278 valence electrons. The zero-order valence-corrected chi connectivity index (χ0v) is 31.3. The van der Waals surface area contributed by atoms with Crippen LogP contribution in [-0.2, 0) is 14.9 Å². The summed E-state index contributed by atoms with van der Waals surface area (Å²) >= 11 is 0. The van der Waals surface area contributed by atoms with Gasteiger partial charge < -0.3 is 15.5 Å². The molecular weight excluding hydrogens is 610 g/mol. The van der Waals surface area contributed by atoms with Crippen LogP contribution in [-0.4, -0.2) is 53.1 Å². The van der Waals surface area contributed by atoms with Crippen LogP contribution >= 0.6 is 0 Å². The van der Waals surface area contributed by atoms with Gasteiger partial charge in [0.1, 0.15) is 6.10 Å². The number of aliphatic hydroxyl groups excluding tert-OH is 2. The van der Waals surface area contributed by atoms with Gasteiger partial charge in [-0.3, -0.25) is 9.35 Å². The van der Waals surface area contributed by atoms with Gasteiger partial charge in [-0.05, 0) is 38.5 Å². The maximum atomic E-state index is 12.5. The average Bonchev–Trinajstić information content (AvgIpc) is 3.03. The lowest BCUT2D eigenvalue weighted by atomic mass is 10.0. The first kappa shape index (κ1) is 45.8. The molecule has 4 N–H and O–H groups in total. The van der Waals surface area contributed by atoms with Gasteiger partial charge in [-0.1, -0.05) is 179 Å². The highest BCUT2D eigenvalue weighted by atomic mass is 32.2. The smallest absolute Gasteiger partial charge is 0.267 e. The molecule has 3 atom stereocenters. The van der Waals surface area contributed by atoms with Crippen LogP contribution in [0, 0.1) is 0 Å². The Labute approximate surface area is 290 Å². The predicted molar refractivity (Wildman–Crippen MR) is 199 cm³/mol. The lowest BCUT2D eigenvalue weighted by molar-refractivity contribution is -0.130. The summed E-state index contributed by atoms with van der Waals surface area (Å²) in [5.74, 6) is -1.55. The van der Waals surface area contributed by atoms with Crippen LogP contribution in [0.15, 0.2) is 24.3 Å². The van der Waals surface area contributed by atoms with E-state index in [1.54, 1.807) is 6.08 Å². The minimum Gasteiger partial charge on any atom is -0.387 e. The van der Waals surface area contributed by atoms with E-state index in [4.69, 9.17) is 0 Å². The first-order valence-electron chi connectivity index (χ1n) is 19.6. The third kappa shape index (κ3) is 33.1. The standard InChI is InChI=1S/C39H75NO6S/c1-3-5-7-9-11-13-15-16-17-18-19-20-21-22-23-24-26-27-29-31-33-37(41)36(35-47(44,45)46)40-39(43)38(42)34-32-30-28-25-14-12-10-8-6-4-2/h10,12,31,33,36-38,41-42H,3-9,11,13-30,32,34-35H2,1-2H3,(H,40,43)(H,44,45,46)/b12-10-,33-31+. The summed E-state index contributed by atoms with van der Waals surface area (Å²) in [6.45, 7) is 4.45. The molecule has 0 aliphatic carbocycles. The van der Waals surface area contributed by atoms with E-state index in [0.29, 0.717) is 6.42 Å². The van der Waals surface area contributed by atoms with Crippen molar-refractivity contribution in [2.45, 2.75) is 212 Å². The highest BCUT2D eigenvalue weighted by molar-refractivity contribution is 7.85. The van der Waals surface area contributed by atoms with Crippen LogP contribution in [0.2, 0.25) is 0 Å². The Bertz CT molecular complexity index is 860. The van der Waals surface area contributed by atoms with E-state index in [9.17, 15) is 28.0 Å². The molecule has 47 heavy (non-hydrogen) atoms. The van der Waals surface area contributed by atoms with Gasteiger partial charge >= 0.3 is 0 Å². The van der Waals surface area contributed by atoms with Crippen molar-refractivity contribution in [3.05, 3.63) is 24.3 Å². The summed E-state index contributed by atoms with van der Waals surface area (Å²) in [5, 5.41) is 23.3. The largest absolute Gasteiger partial charge is 0.387 e. The molecule has 0 aromatic rings. The summed E-state index contributed by atoms with van der Waals surface area (Å²) in [5.41, 5.74) is 0. The molecule has 0 saturated carbocycles. The number of hydrogen-bond donors (Lipinski definition) is 4. The molecular formula is C39H75NO6S. The molecule has 0 bridgehead atoms. The second-order valence-electron chi connectivity index (χ2n) is 13.7. The SMILES string of the molecule is CCCC/C=C\CCCCCCC(O)C(=O)NC(CS(=O)(=O)O)C(O)/C=C/CCCCCCCCCCCCCCCCCCCC. The van der Waals surface area contributed by atoms with Crippen molar-refractivity contribution in [2.24, 2.45) is 0 Å². The molecule has 7 nitrogen and oxygen atoms in total. The second kappa shape index (κ2) is 33.3. The minimum absolute atomic E-state index is 0.266. The Morgan fingerprint density at radius 3 is 1.40 bits per heavy atom. The molecule has 0 saturated heterocycles. The maximum Gasteiger partial charge on any atom is 0.267 e. The summed E-state index contributed by atoms with van der Waals surface area (Å²) < 4.78 is 32.4. The molecule has 8 heteroatoms. The van der Waals surface area contributed by atoms with Crippen LogP contribution in [0.5, 0.6) is 0 Å². The second-order valence-corrected chi connectivity index (χ2v) is 15.2. The van der Waals surface area contributed by atoms with Crippen molar-refractivity contribution < 1.29 is 28.0 Å². The molecule has 0 aliphatic heterocycles. The van der Waals surface area contributed by atoms with Crippen LogP contribution in [0.4, 0.5) is 0 Å². The monoisotopic (exact) mass is 686 g/mol. The number of amides is 1. The highest BCUT2D eigenvalue weighted by Crippen LogP contribution is 2.15. The van der Waals surface area contributed by atoms with Crippen molar-refractivity contribution in [1.82, 2.24) is 5.32 Å². The lowest BCUT2D eigenvalue weighted by Gasteiger charge is -2.22. The number of unbranched alkanes of at least 4 members (excludes halogenated alkanes) is 24. The fourth-order valence-electron chi connectivity index (χ4n) is 5.91. The minimum atomic E-state index is -4.44. The van der Waals surface area contributed by atoms with Crippen molar-refractivity contribution >= 4 is 16.0 Å². The van der Waals surface area contributed by atoms with Crippen molar-refractivity contribution in [3.8, 4) is 0 Å². The molecule has 0 aliphatic rings. The van der Waals surface area contributed by atoms with E-state index in [1.807, 2.05) is 0 Å². The normalized spacial score (nSPS) is 14.2. The first-order chi connectivity index (χ1) is 22.7. The van der Waals surface area contributed by atoms with Crippen LogP contribution in [0.25, 0.3) is 0 Å². The van der Waals surface area contributed by atoms with Gasteiger partial charge in [0.15, 0.2) is 0 Å². The quantitative estimate of drug-likeness (QED) is 0.0299. The van der Waals surface area contributed by atoms with Crippen molar-refractivity contribution in [3.63, 3.8) is 0 Å². The molecule has 0 aromatic heterocycles. The number of hydrogen-bond acceptors (Lipinski definition) is 5. The molecule has 0 radical (unpaired) electrons. The fraction of sp³-hybridized carbons (Fsp3) is 0.872. The molecule has 3 unspecified atom stereocenters. The number of aliphatic hydroxyl groups is 2. The van der Waals surface area contributed by atoms with Gasteiger partial charge in [0.2, 0.25) is 5.91 Å². The molecule has 1 amide bonds. The van der Waals surface area contributed by atoms with Gasteiger partial charge in [0.05, 0.1) is 17.9 Å². The Kier molecular flexibility index (Phi) is 32.4. The van der Waals surface area contributed by atoms with Gasteiger partial charge in [-0.2, -0.15) is 8.42 Å². The summed E-state index contributed by atoms with van der Waals surface area (Å²) in [7, 11) is -4.44. The number of carbonyl (C=O) groups excluding carboxylic acids is 1. The third-order valence-corrected chi connectivity index (χ3v) is 9.76. The first-order valence-corrected chi connectivity index (χ1v) is 21.3. The van der Waals surface area contributed by atoms with Gasteiger partial charge in [-0.15, -0.1) is 0 Å². The molecule has 0 aromatic carbocycles. The Morgan fingerprint density at radius 1 is 0.574 bits per heavy atom. The lowest BCUT2D eigenvalue weighted by Crippen LogP contribution is -2.50. The summed E-state index contributed by atoms with van der Waals surface area (Å²) in [6.07, 6.45) is 38.2. The van der Waals surface area contributed by atoms with Gasteiger partial charge in [0, 0.05) is 0 Å². The molecule has 0 fully saturated rings. The van der Waals surface area contributed by atoms with E-state index in [-0.39, 0.29) is 6.42 Å². The predicted octanol–water partition coefficient (Wildman–Crippen LogP) is 10.2. The number of carbonyl (C=O) groups is 1. The van der Waals surface area contributed by atoms with Crippen LogP contribution in [0.1, 0.15) is 194 Å². The number of rotatable bonds is 35.